The van der Waals surface area contributed by atoms with Gasteiger partial charge >= 0.3 is 0 Å². The van der Waals surface area contributed by atoms with Crippen LogP contribution in [0.15, 0.2) is 55.1 Å². The lowest BCUT2D eigenvalue weighted by atomic mass is 10.2. The van der Waals surface area contributed by atoms with Crippen molar-refractivity contribution in [2.45, 2.75) is 13.5 Å². The van der Waals surface area contributed by atoms with Crippen LogP contribution in [0.5, 0.6) is 11.5 Å². The molecular formula is C18H21IN2O2. The zero-order chi connectivity index (χ0) is 16.5. The lowest BCUT2D eigenvalue weighted by Gasteiger charge is -2.15. The van der Waals surface area contributed by atoms with Gasteiger partial charge in [-0.3, -0.25) is 0 Å². The molecular weight excluding hydrogens is 403 g/mol. The van der Waals surface area contributed by atoms with Crippen molar-refractivity contribution in [2.75, 3.05) is 18.6 Å². The molecule has 0 saturated carbocycles. The second-order valence-electron chi connectivity index (χ2n) is 4.78. The minimum atomic E-state index is 0.462. The van der Waals surface area contributed by atoms with Crippen molar-refractivity contribution >= 4 is 28.3 Å². The van der Waals surface area contributed by atoms with Crippen molar-refractivity contribution in [3.05, 3.63) is 64.3 Å². The third kappa shape index (κ3) is 5.44. The van der Waals surface area contributed by atoms with Crippen molar-refractivity contribution in [1.82, 2.24) is 5.43 Å². The molecule has 2 rings (SSSR count). The zero-order valence-corrected chi connectivity index (χ0v) is 15.3. The molecule has 0 atom stereocenters. The van der Waals surface area contributed by atoms with Crippen LogP contribution < -0.4 is 20.3 Å². The SMILES string of the molecule is C=CCOc1c(I)cc(CNNc2ccccc2)cc1OCC. The summed E-state index contributed by atoms with van der Waals surface area (Å²) in [6.07, 6.45) is 1.73. The molecule has 0 heterocycles. The maximum absolute atomic E-state index is 5.71. The second kappa shape index (κ2) is 9.42. The summed E-state index contributed by atoms with van der Waals surface area (Å²) in [5.41, 5.74) is 8.53. The first-order valence-corrected chi connectivity index (χ1v) is 8.55. The smallest absolute Gasteiger partial charge is 0.174 e. The fourth-order valence-electron chi connectivity index (χ4n) is 2.04. The van der Waals surface area contributed by atoms with Crippen LogP contribution in [-0.2, 0) is 6.54 Å². The Balaban J connectivity index is 2.05. The maximum Gasteiger partial charge on any atom is 0.174 e. The molecule has 2 aromatic rings. The Kier molecular flexibility index (Phi) is 7.22. The maximum atomic E-state index is 5.71. The molecule has 0 aliphatic rings. The van der Waals surface area contributed by atoms with E-state index < -0.39 is 0 Å². The van der Waals surface area contributed by atoms with E-state index in [0.717, 1.165) is 26.3 Å². The standard InChI is InChI=1S/C18H21IN2O2/c1-3-10-23-18-16(19)11-14(12-17(18)22-4-2)13-20-21-15-8-6-5-7-9-15/h3,5-9,11-12,20-21H,1,4,10,13H2,2H3. The lowest BCUT2D eigenvalue weighted by molar-refractivity contribution is 0.295. The van der Waals surface area contributed by atoms with Crippen molar-refractivity contribution < 1.29 is 9.47 Å². The molecule has 2 N–H and O–H groups in total. The van der Waals surface area contributed by atoms with E-state index in [9.17, 15) is 0 Å². The first-order chi connectivity index (χ1) is 11.2. The molecule has 0 aromatic heterocycles. The van der Waals surface area contributed by atoms with Crippen LogP contribution in [0.1, 0.15) is 12.5 Å². The van der Waals surface area contributed by atoms with Gasteiger partial charge in [0, 0.05) is 12.2 Å². The molecule has 0 bridgehead atoms. The van der Waals surface area contributed by atoms with Crippen LogP contribution in [0.25, 0.3) is 0 Å². The monoisotopic (exact) mass is 424 g/mol. The Morgan fingerprint density at radius 3 is 2.65 bits per heavy atom. The number of hydrogen-bond donors (Lipinski definition) is 2. The fourth-order valence-corrected chi connectivity index (χ4v) is 2.86. The van der Waals surface area contributed by atoms with Crippen LogP contribution in [-0.4, -0.2) is 13.2 Å². The number of rotatable bonds is 9. The third-order valence-corrected chi connectivity index (χ3v) is 3.81. The number of hydrogen-bond acceptors (Lipinski definition) is 4. The van der Waals surface area contributed by atoms with Gasteiger partial charge in [0.25, 0.3) is 0 Å². The molecule has 0 amide bonds. The van der Waals surface area contributed by atoms with E-state index in [2.05, 4.69) is 46.1 Å². The highest BCUT2D eigenvalue weighted by Crippen LogP contribution is 2.34. The highest BCUT2D eigenvalue weighted by atomic mass is 127. The quantitative estimate of drug-likeness (QED) is 0.357. The van der Waals surface area contributed by atoms with Gasteiger partial charge in [0.1, 0.15) is 6.61 Å². The minimum Gasteiger partial charge on any atom is -0.490 e. The summed E-state index contributed by atoms with van der Waals surface area (Å²) in [5, 5.41) is 0. The van der Waals surface area contributed by atoms with Crippen molar-refractivity contribution in [1.29, 1.82) is 0 Å². The molecule has 2 aromatic carbocycles. The summed E-state index contributed by atoms with van der Waals surface area (Å²) in [6.45, 7) is 7.38. The highest BCUT2D eigenvalue weighted by molar-refractivity contribution is 14.1. The molecule has 0 aliphatic heterocycles. The third-order valence-electron chi connectivity index (χ3n) is 3.01. The van der Waals surface area contributed by atoms with Crippen LogP contribution in [0.4, 0.5) is 5.69 Å². The van der Waals surface area contributed by atoms with Crippen LogP contribution in [0.3, 0.4) is 0 Å². The molecule has 4 nitrogen and oxygen atoms in total. The largest absolute Gasteiger partial charge is 0.490 e. The van der Waals surface area contributed by atoms with Gasteiger partial charge in [-0.25, -0.2) is 5.43 Å². The molecule has 23 heavy (non-hydrogen) atoms. The van der Waals surface area contributed by atoms with E-state index in [1.165, 1.54) is 0 Å². The first kappa shape index (κ1) is 17.6. The summed E-state index contributed by atoms with van der Waals surface area (Å²) >= 11 is 2.27. The van der Waals surface area contributed by atoms with E-state index in [4.69, 9.17) is 9.47 Å². The number of nitrogens with one attached hydrogen (secondary N) is 2. The van der Waals surface area contributed by atoms with Gasteiger partial charge in [-0.1, -0.05) is 30.9 Å². The van der Waals surface area contributed by atoms with Gasteiger partial charge in [0.05, 0.1) is 10.2 Å². The Bertz CT molecular complexity index is 632. The Labute approximate surface area is 151 Å². The molecule has 5 heteroatoms. The Morgan fingerprint density at radius 1 is 1.17 bits per heavy atom. The van der Waals surface area contributed by atoms with Crippen molar-refractivity contribution in [2.24, 2.45) is 0 Å². The van der Waals surface area contributed by atoms with Crippen LogP contribution in [0, 0.1) is 3.57 Å². The molecule has 0 fully saturated rings. The van der Waals surface area contributed by atoms with Gasteiger partial charge in [0.15, 0.2) is 11.5 Å². The minimum absolute atomic E-state index is 0.462. The summed E-state index contributed by atoms with van der Waals surface area (Å²) in [7, 11) is 0. The molecule has 0 unspecified atom stereocenters. The summed E-state index contributed by atoms with van der Waals surface area (Å²) in [6, 6.07) is 14.1. The highest BCUT2D eigenvalue weighted by Gasteiger charge is 2.11. The number of halogens is 1. The van der Waals surface area contributed by atoms with Crippen molar-refractivity contribution in [3.8, 4) is 11.5 Å². The van der Waals surface area contributed by atoms with Gasteiger partial charge < -0.3 is 14.9 Å². The van der Waals surface area contributed by atoms with Gasteiger partial charge in [-0.05, 0) is 59.3 Å². The number of benzene rings is 2. The molecule has 0 radical (unpaired) electrons. The molecule has 0 spiro atoms. The van der Waals surface area contributed by atoms with Crippen LogP contribution >= 0.6 is 22.6 Å². The summed E-state index contributed by atoms with van der Waals surface area (Å²) in [4.78, 5) is 0. The molecule has 0 saturated heterocycles. The summed E-state index contributed by atoms with van der Waals surface area (Å²) < 4.78 is 12.4. The van der Waals surface area contributed by atoms with E-state index in [0.29, 0.717) is 19.8 Å². The predicted octanol–water partition coefficient (Wildman–Crippen LogP) is 4.37. The summed E-state index contributed by atoms with van der Waals surface area (Å²) in [5.74, 6) is 1.53. The second-order valence-corrected chi connectivity index (χ2v) is 5.94. The number of hydrazine groups is 1. The average Bonchev–Trinajstić information content (AvgIpc) is 2.55. The molecule has 122 valence electrons. The Morgan fingerprint density at radius 2 is 1.96 bits per heavy atom. The predicted molar refractivity (Wildman–Crippen MR) is 103 cm³/mol. The lowest BCUT2D eigenvalue weighted by Crippen LogP contribution is -2.21. The topological polar surface area (TPSA) is 42.5 Å². The zero-order valence-electron chi connectivity index (χ0n) is 13.1. The van der Waals surface area contributed by atoms with Gasteiger partial charge in [-0.15, -0.1) is 0 Å². The van der Waals surface area contributed by atoms with Gasteiger partial charge in [-0.2, -0.15) is 0 Å². The molecule has 0 aliphatic carbocycles. The fraction of sp³-hybridized carbons (Fsp3) is 0.222. The Hall–Kier alpha value is -1.73. The number of para-hydroxylation sites is 1. The first-order valence-electron chi connectivity index (χ1n) is 7.47. The number of ether oxygens (including phenoxy) is 2. The van der Waals surface area contributed by atoms with E-state index >= 15 is 0 Å². The normalized spacial score (nSPS) is 10.2. The van der Waals surface area contributed by atoms with Crippen LogP contribution in [0.2, 0.25) is 0 Å². The van der Waals surface area contributed by atoms with E-state index in [1.54, 1.807) is 6.08 Å². The van der Waals surface area contributed by atoms with E-state index in [1.807, 2.05) is 43.3 Å². The average molecular weight is 424 g/mol. The number of anilines is 1. The van der Waals surface area contributed by atoms with Crippen molar-refractivity contribution in [3.63, 3.8) is 0 Å². The van der Waals surface area contributed by atoms with E-state index in [-0.39, 0.29) is 0 Å². The van der Waals surface area contributed by atoms with Gasteiger partial charge in [0.2, 0.25) is 0 Å².